The van der Waals surface area contributed by atoms with Gasteiger partial charge in [-0.1, -0.05) is 12.1 Å². The van der Waals surface area contributed by atoms with Crippen LogP contribution >= 0.6 is 0 Å². The van der Waals surface area contributed by atoms with Crippen molar-refractivity contribution in [3.8, 4) is 11.3 Å². The zero-order chi connectivity index (χ0) is 16.2. The predicted molar refractivity (Wildman–Crippen MR) is 91.5 cm³/mol. The van der Waals surface area contributed by atoms with Crippen LogP contribution < -0.4 is 4.90 Å². The van der Waals surface area contributed by atoms with E-state index in [-0.39, 0.29) is 5.91 Å². The van der Waals surface area contributed by atoms with Gasteiger partial charge >= 0.3 is 0 Å². The fourth-order valence-electron chi connectivity index (χ4n) is 2.80. The molecule has 0 unspecified atom stereocenters. The highest BCUT2D eigenvalue weighted by Crippen LogP contribution is 2.21. The number of carbonyl (C=O) groups excluding carboxylic acids is 1. The molecule has 3 rings (SSSR count). The van der Waals surface area contributed by atoms with E-state index in [1.165, 1.54) is 19.3 Å². The van der Waals surface area contributed by atoms with Crippen molar-refractivity contribution in [2.75, 3.05) is 32.1 Å². The summed E-state index contributed by atoms with van der Waals surface area (Å²) < 4.78 is 0. The molecule has 0 spiro atoms. The first-order chi connectivity index (χ1) is 11.1. The molecule has 5 nitrogen and oxygen atoms in total. The Morgan fingerprint density at radius 1 is 1.04 bits per heavy atom. The molecule has 1 saturated heterocycles. The summed E-state index contributed by atoms with van der Waals surface area (Å²) in [6, 6.07) is 9.50. The van der Waals surface area contributed by atoms with Gasteiger partial charge in [-0.05, 0) is 37.5 Å². The van der Waals surface area contributed by atoms with Crippen LogP contribution in [0.15, 0.2) is 36.5 Å². The molecule has 1 aromatic heterocycles. The van der Waals surface area contributed by atoms with E-state index in [1.807, 2.05) is 36.5 Å². The van der Waals surface area contributed by atoms with E-state index in [1.54, 1.807) is 19.0 Å². The molecule has 0 bridgehead atoms. The van der Waals surface area contributed by atoms with Crippen molar-refractivity contribution in [2.24, 2.45) is 0 Å². The lowest BCUT2D eigenvalue weighted by Gasteiger charge is -2.26. The van der Waals surface area contributed by atoms with E-state index >= 15 is 0 Å². The molecular formula is C18H22N4O. The van der Waals surface area contributed by atoms with E-state index in [2.05, 4.69) is 9.88 Å². The number of anilines is 1. The molecule has 1 aliphatic rings. The first-order valence-corrected chi connectivity index (χ1v) is 8.05. The van der Waals surface area contributed by atoms with Crippen LogP contribution in [0, 0.1) is 0 Å². The second-order valence-corrected chi connectivity index (χ2v) is 6.07. The Bertz CT molecular complexity index is 676. The van der Waals surface area contributed by atoms with Gasteiger partial charge < -0.3 is 9.80 Å². The minimum Gasteiger partial charge on any atom is -0.345 e. The molecule has 1 fully saturated rings. The summed E-state index contributed by atoms with van der Waals surface area (Å²) in [6.07, 6.45) is 5.51. The Hall–Kier alpha value is -2.43. The third-order valence-corrected chi connectivity index (χ3v) is 4.12. The van der Waals surface area contributed by atoms with Crippen LogP contribution in [0.4, 0.5) is 5.95 Å². The molecule has 0 N–H and O–H groups in total. The fourth-order valence-corrected chi connectivity index (χ4v) is 2.80. The summed E-state index contributed by atoms with van der Waals surface area (Å²) >= 11 is 0. The van der Waals surface area contributed by atoms with E-state index in [0.717, 1.165) is 30.3 Å². The molecule has 0 atom stereocenters. The summed E-state index contributed by atoms with van der Waals surface area (Å²) in [5.41, 5.74) is 2.58. The Labute approximate surface area is 137 Å². The van der Waals surface area contributed by atoms with Crippen molar-refractivity contribution >= 4 is 11.9 Å². The first-order valence-electron chi connectivity index (χ1n) is 8.05. The van der Waals surface area contributed by atoms with Crippen molar-refractivity contribution in [2.45, 2.75) is 19.3 Å². The molecular weight excluding hydrogens is 288 g/mol. The predicted octanol–water partition coefficient (Wildman–Crippen LogP) is 2.84. The van der Waals surface area contributed by atoms with E-state index in [4.69, 9.17) is 4.98 Å². The molecule has 1 aromatic carbocycles. The molecule has 0 radical (unpaired) electrons. The first kappa shape index (κ1) is 15.5. The molecule has 0 saturated carbocycles. The highest BCUT2D eigenvalue weighted by molar-refractivity contribution is 5.94. The highest BCUT2D eigenvalue weighted by Gasteiger charge is 2.14. The summed E-state index contributed by atoms with van der Waals surface area (Å²) in [6.45, 7) is 2.06. The van der Waals surface area contributed by atoms with E-state index in [0.29, 0.717) is 5.56 Å². The minimum absolute atomic E-state index is 0.00763. The van der Waals surface area contributed by atoms with Crippen molar-refractivity contribution in [1.29, 1.82) is 0 Å². The molecule has 23 heavy (non-hydrogen) atoms. The normalized spacial score (nSPS) is 14.6. The average molecular weight is 310 g/mol. The largest absolute Gasteiger partial charge is 0.345 e. The van der Waals surface area contributed by atoms with Gasteiger partial charge in [0.2, 0.25) is 5.95 Å². The standard InChI is InChI=1S/C18H22N4O/c1-21(2)17(23)15-8-6-14(7-9-15)16-10-11-19-18(20-16)22-12-4-3-5-13-22/h6-11H,3-5,12-13H2,1-2H3. The Kier molecular flexibility index (Phi) is 4.55. The molecule has 1 amide bonds. The summed E-state index contributed by atoms with van der Waals surface area (Å²) in [7, 11) is 3.51. The van der Waals surface area contributed by atoms with Crippen molar-refractivity contribution in [3.63, 3.8) is 0 Å². The molecule has 2 aromatic rings. The van der Waals surface area contributed by atoms with Gasteiger partial charge in [-0.15, -0.1) is 0 Å². The van der Waals surface area contributed by atoms with Gasteiger partial charge in [0.25, 0.3) is 5.91 Å². The third kappa shape index (κ3) is 3.50. The molecule has 5 heteroatoms. The molecule has 1 aliphatic heterocycles. The topological polar surface area (TPSA) is 49.3 Å². The van der Waals surface area contributed by atoms with Crippen LogP contribution in [0.2, 0.25) is 0 Å². The van der Waals surface area contributed by atoms with Gasteiger partial charge in [0.05, 0.1) is 5.69 Å². The summed E-state index contributed by atoms with van der Waals surface area (Å²) in [5.74, 6) is 0.809. The van der Waals surface area contributed by atoms with Crippen molar-refractivity contribution in [1.82, 2.24) is 14.9 Å². The zero-order valence-corrected chi connectivity index (χ0v) is 13.7. The SMILES string of the molecule is CN(C)C(=O)c1ccc(-c2ccnc(N3CCCCC3)n2)cc1. The lowest BCUT2D eigenvalue weighted by Crippen LogP contribution is -2.30. The van der Waals surface area contributed by atoms with Crippen LogP contribution in [0.3, 0.4) is 0 Å². The number of piperidine rings is 1. The van der Waals surface area contributed by atoms with Crippen molar-refractivity contribution in [3.05, 3.63) is 42.1 Å². The van der Waals surface area contributed by atoms with Crippen LogP contribution in [0.1, 0.15) is 29.6 Å². The number of aromatic nitrogens is 2. The van der Waals surface area contributed by atoms with Gasteiger partial charge in [-0.25, -0.2) is 9.97 Å². The Morgan fingerprint density at radius 2 is 1.74 bits per heavy atom. The van der Waals surface area contributed by atoms with E-state index in [9.17, 15) is 4.79 Å². The Balaban J connectivity index is 1.82. The third-order valence-electron chi connectivity index (χ3n) is 4.12. The van der Waals surface area contributed by atoms with Gasteiger partial charge in [0.15, 0.2) is 0 Å². The summed E-state index contributed by atoms with van der Waals surface area (Å²) in [5, 5.41) is 0. The van der Waals surface area contributed by atoms with Crippen LogP contribution in [-0.2, 0) is 0 Å². The number of hydrogen-bond donors (Lipinski definition) is 0. The number of amides is 1. The summed E-state index contributed by atoms with van der Waals surface area (Å²) in [4.78, 5) is 24.9. The second kappa shape index (κ2) is 6.77. The van der Waals surface area contributed by atoms with E-state index < -0.39 is 0 Å². The monoisotopic (exact) mass is 310 g/mol. The number of benzene rings is 1. The molecule has 0 aliphatic carbocycles. The fraction of sp³-hybridized carbons (Fsp3) is 0.389. The van der Waals surface area contributed by atoms with Gasteiger partial charge in [0.1, 0.15) is 0 Å². The van der Waals surface area contributed by atoms with Crippen LogP contribution in [0.25, 0.3) is 11.3 Å². The zero-order valence-electron chi connectivity index (χ0n) is 13.7. The molecule has 120 valence electrons. The van der Waals surface area contributed by atoms with Crippen LogP contribution in [0.5, 0.6) is 0 Å². The second-order valence-electron chi connectivity index (χ2n) is 6.07. The highest BCUT2D eigenvalue weighted by atomic mass is 16.2. The maximum atomic E-state index is 11.9. The Morgan fingerprint density at radius 3 is 2.39 bits per heavy atom. The van der Waals surface area contributed by atoms with Gasteiger partial charge in [0, 0.05) is 44.5 Å². The lowest BCUT2D eigenvalue weighted by molar-refractivity contribution is 0.0827. The smallest absolute Gasteiger partial charge is 0.253 e. The minimum atomic E-state index is 0.00763. The maximum Gasteiger partial charge on any atom is 0.253 e. The number of hydrogen-bond acceptors (Lipinski definition) is 4. The van der Waals surface area contributed by atoms with Crippen molar-refractivity contribution < 1.29 is 4.79 Å². The van der Waals surface area contributed by atoms with Gasteiger partial charge in [-0.2, -0.15) is 0 Å². The number of nitrogens with zero attached hydrogens (tertiary/aromatic N) is 4. The molecule has 2 heterocycles. The maximum absolute atomic E-state index is 11.9. The average Bonchev–Trinajstić information content (AvgIpc) is 2.62. The number of rotatable bonds is 3. The van der Waals surface area contributed by atoms with Crippen LogP contribution in [-0.4, -0.2) is 48.0 Å². The quantitative estimate of drug-likeness (QED) is 0.874. The lowest BCUT2D eigenvalue weighted by atomic mass is 10.1. The number of carbonyl (C=O) groups is 1. The van der Waals surface area contributed by atoms with Gasteiger partial charge in [-0.3, -0.25) is 4.79 Å².